The van der Waals surface area contributed by atoms with Gasteiger partial charge in [0.15, 0.2) is 5.82 Å². The number of nitrogens with zero attached hydrogens (tertiary/aromatic N) is 5. The molecule has 1 aliphatic heterocycles. The van der Waals surface area contributed by atoms with E-state index in [2.05, 4.69) is 20.3 Å². The molecule has 210 valence electrons. The van der Waals surface area contributed by atoms with Gasteiger partial charge < -0.3 is 24.6 Å². The number of ether oxygens (including phenoxy) is 1. The lowest BCUT2D eigenvalue weighted by atomic mass is 10.1. The summed E-state index contributed by atoms with van der Waals surface area (Å²) in [5, 5.41) is 10.2. The molecule has 0 unspecified atom stereocenters. The Hall–Kier alpha value is -4.59. The molecule has 40 heavy (non-hydrogen) atoms. The molecule has 2 aromatic carbocycles. The molecule has 3 heterocycles. The van der Waals surface area contributed by atoms with Crippen LogP contribution >= 0.6 is 0 Å². The van der Waals surface area contributed by atoms with Gasteiger partial charge in [-0.1, -0.05) is 12.1 Å². The second-order valence-corrected chi connectivity index (χ2v) is 8.55. The Morgan fingerprint density at radius 3 is 2.52 bits per heavy atom. The number of anilines is 3. The minimum atomic E-state index is -5.08. The highest BCUT2D eigenvalue weighted by Crippen LogP contribution is 2.28. The lowest BCUT2D eigenvalue weighted by Gasteiger charge is -2.29. The van der Waals surface area contributed by atoms with Crippen molar-refractivity contribution in [3.05, 3.63) is 84.6 Å². The van der Waals surface area contributed by atoms with Gasteiger partial charge in [-0.2, -0.15) is 13.2 Å². The smallest absolute Gasteiger partial charge is 0.475 e. The van der Waals surface area contributed by atoms with Gasteiger partial charge in [0.1, 0.15) is 11.5 Å². The first-order chi connectivity index (χ1) is 19.1. The average Bonchev–Trinajstić information content (AvgIpc) is 3.43. The maximum Gasteiger partial charge on any atom is 0.490 e. The van der Waals surface area contributed by atoms with E-state index >= 15 is 0 Å². The maximum absolute atomic E-state index is 14.7. The van der Waals surface area contributed by atoms with Crippen LogP contribution in [0.1, 0.15) is 5.56 Å². The van der Waals surface area contributed by atoms with Crippen molar-refractivity contribution >= 4 is 23.3 Å². The van der Waals surface area contributed by atoms with E-state index in [4.69, 9.17) is 14.6 Å². The number of imidazole rings is 1. The minimum absolute atomic E-state index is 0.0380. The number of alkyl halides is 3. The highest BCUT2D eigenvalue weighted by Gasteiger charge is 2.38. The number of rotatable bonds is 6. The molecule has 1 saturated heterocycles. The zero-order valence-corrected chi connectivity index (χ0v) is 20.8. The predicted octanol–water partition coefficient (Wildman–Crippen LogP) is 4.88. The van der Waals surface area contributed by atoms with E-state index in [9.17, 15) is 22.0 Å². The lowest BCUT2D eigenvalue weighted by molar-refractivity contribution is -0.192. The summed E-state index contributed by atoms with van der Waals surface area (Å²) in [4.78, 5) is 23.4. The first-order valence-electron chi connectivity index (χ1n) is 11.9. The average molecular weight is 562 g/mol. The number of carbonyl (C=O) groups is 1. The van der Waals surface area contributed by atoms with Gasteiger partial charge in [-0.25, -0.2) is 28.5 Å². The Morgan fingerprint density at radius 2 is 1.85 bits per heavy atom. The fourth-order valence-electron chi connectivity index (χ4n) is 3.81. The number of halogens is 5. The lowest BCUT2D eigenvalue weighted by Crippen LogP contribution is -2.36. The van der Waals surface area contributed by atoms with Gasteiger partial charge in [-0.05, 0) is 35.9 Å². The highest BCUT2D eigenvalue weighted by molar-refractivity contribution is 5.73. The summed E-state index contributed by atoms with van der Waals surface area (Å²) in [6, 6.07) is 12.2. The van der Waals surface area contributed by atoms with Gasteiger partial charge in [0.25, 0.3) is 0 Å². The summed E-state index contributed by atoms with van der Waals surface area (Å²) in [6.07, 6.45) is 1.38. The Balaban J connectivity index is 0.000000470. The van der Waals surface area contributed by atoms with Crippen LogP contribution in [-0.4, -0.2) is 63.1 Å². The molecule has 0 amide bonds. The number of nitrogens with one attached hydrogen (secondary N) is 1. The van der Waals surface area contributed by atoms with Crippen LogP contribution in [0, 0.1) is 11.6 Å². The summed E-state index contributed by atoms with van der Waals surface area (Å²) >= 11 is 0. The minimum Gasteiger partial charge on any atom is -0.475 e. The highest BCUT2D eigenvalue weighted by atomic mass is 19.4. The molecule has 14 heteroatoms. The quantitative estimate of drug-likeness (QED) is 0.321. The standard InChI is InChI=1S/C24H22F2N6O.C2HF3O2/c25-19-11-18(12-21(13-19)32-6-8-33-9-7-32)23-22(26)14-28-24(30-23)29-20-3-1-2-17(10-20)15-31-5-4-27-16-31;3-2(4,5)1(6)7/h1-5,10-14,16H,6-9,15H2,(H,28,29,30);(H,6,7). The molecule has 9 nitrogen and oxygen atoms in total. The number of aromatic nitrogens is 4. The monoisotopic (exact) mass is 562 g/mol. The van der Waals surface area contributed by atoms with E-state index in [1.807, 2.05) is 39.9 Å². The molecule has 0 aliphatic carbocycles. The van der Waals surface area contributed by atoms with Crippen molar-refractivity contribution in [2.45, 2.75) is 12.7 Å². The summed E-state index contributed by atoms with van der Waals surface area (Å²) in [7, 11) is 0. The zero-order chi connectivity index (χ0) is 28.7. The molecule has 0 atom stereocenters. The van der Waals surface area contributed by atoms with Crippen LogP contribution in [0.4, 0.5) is 39.3 Å². The van der Waals surface area contributed by atoms with Crippen molar-refractivity contribution in [1.82, 2.24) is 19.5 Å². The Labute approximate surface area is 224 Å². The molecule has 1 aliphatic rings. The third-order valence-electron chi connectivity index (χ3n) is 5.63. The van der Waals surface area contributed by atoms with Crippen molar-refractivity contribution in [3.8, 4) is 11.3 Å². The van der Waals surface area contributed by atoms with Gasteiger partial charge in [-0.3, -0.25) is 0 Å². The van der Waals surface area contributed by atoms with Crippen LogP contribution in [0.5, 0.6) is 0 Å². The molecule has 0 bridgehead atoms. The van der Waals surface area contributed by atoms with E-state index in [-0.39, 0.29) is 11.6 Å². The molecular weight excluding hydrogens is 539 g/mol. The van der Waals surface area contributed by atoms with E-state index < -0.39 is 23.8 Å². The molecule has 4 aromatic rings. The molecular formula is C26H23F5N6O3. The normalized spacial score (nSPS) is 13.4. The summed E-state index contributed by atoms with van der Waals surface area (Å²) in [5.41, 5.74) is 2.89. The largest absolute Gasteiger partial charge is 0.490 e. The van der Waals surface area contributed by atoms with E-state index in [0.717, 1.165) is 17.4 Å². The topological polar surface area (TPSA) is 105 Å². The molecule has 0 saturated carbocycles. The molecule has 5 rings (SSSR count). The molecule has 1 fully saturated rings. The van der Waals surface area contributed by atoms with Crippen LogP contribution in [0.25, 0.3) is 11.3 Å². The van der Waals surface area contributed by atoms with Crippen molar-refractivity contribution in [2.75, 3.05) is 36.5 Å². The summed E-state index contributed by atoms with van der Waals surface area (Å²) in [6.45, 7) is 3.11. The predicted molar refractivity (Wildman–Crippen MR) is 135 cm³/mol. The van der Waals surface area contributed by atoms with Crippen LogP contribution in [-0.2, 0) is 16.1 Å². The van der Waals surface area contributed by atoms with Crippen molar-refractivity contribution < 1.29 is 36.6 Å². The van der Waals surface area contributed by atoms with Crippen molar-refractivity contribution in [1.29, 1.82) is 0 Å². The number of morpholine rings is 1. The van der Waals surface area contributed by atoms with Crippen LogP contribution in [0.2, 0.25) is 0 Å². The molecule has 0 spiro atoms. The van der Waals surface area contributed by atoms with Crippen molar-refractivity contribution in [2.24, 2.45) is 0 Å². The van der Waals surface area contributed by atoms with Gasteiger partial charge >= 0.3 is 12.1 Å². The fraction of sp³-hybridized carbons (Fsp3) is 0.231. The molecule has 2 N–H and O–H groups in total. The second kappa shape index (κ2) is 12.5. The van der Waals surface area contributed by atoms with Gasteiger partial charge in [0, 0.05) is 49.0 Å². The third kappa shape index (κ3) is 7.72. The second-order valence-electron chi connectivity index (χ2n) is 8.55. The Bertz CT molecular complexity index is 1440. The van der Waals surface area contributed by atoms with Gasteiger partial charge in [0.05, 0.1) is 25.7 Å². The van der Waals surface area contributed by atoms with Crippen LogP contribution in [0.3, 0.4) is 0 Å². The molecule has 2 aromatic heterocycles. The number of carboxylic acids is 1. The number of benzene rings is 2. The fourth-order valence-corrected chi connectivity index (χ4v) is 3.81. The van der Waals surface area contributed by atoms with Gasteiger partial charge in [0.2, 0.25) is 5.95 Å². The third-order valence-corrected chi connectivity index (χ3v) is 5.63. The molecule has 0 radical (unpaired) electrons. The first kappa shape index (κ1) is 28.4. The van der Waals surface area contributed by atoms with Crippen molar-refractivity contribution in [3.63, 3.8) is 0 Å². The Morgan fingerprint density at radius 1 is 1.10 bits per heavy atom. The van der Waals surface area contributed by atoms with E-state index in [1.165, 1.54) is 12.1 Å². The summed E-state index contributed by atoms with van der Waals surface area (Å²) < 4.78 is 68.1. The first-order valence-corrected chi connectivity index (χ1v) is 11.9. The van der Waals surface area contributed by atoms with E-state index in [0.29, 0.717) is 44.1 Å². The Kier molecular flexibility index (Phi) is 8.89. The maximum atomic E-state index is 14.7. The number of aliphatic carboxylic acids is 1. The number of hydrogen-bond acceptors (Lipinski definition) is 7. The van der Waals surface area contributed by atoms with Crippen LogP contribution in [0.15, 0.2) is 67.4 Å². The number of hydrogen-bond donors (Lipinski definition) is 2. The summed E-state index contributed by atoms with van der Waals surface area (Å²) in [5.74, 6) is -3.60. The van der Waals surface area contributed by atoms with E-state index in [1.54, 1.807) is 18.6 Å². The SMILES string of the molecule is Fc1cc(-c2nc(Nc3cccc(Cn4ccnc4)c3)ncc2F)cc(N2CCOCC2)c1.O=C(O)C(F)(F)F. The van der Waals surface area contributed by atoms with Gasteiger partial charge in [-0.15, -0.1) is 0 Å². The van der Waals surface area contributed by atoms with Crippen LogP contribution < -0.4 is 10.2 Å². The zero-order valence-electron chi connectivity index (χ0n) is 20.8. The number of carboxylic acid groups (broad SMARTS) is 1.